The van der Waals surface area contributed by atoms with Gasteiger partial charge in [0.25, 0.3) is 0 Å². The number of guanidine groups is 2. The average Bonchev–Trinajstić information content (AvgIpc) is 3.65. The van der Waals surface area contributed by atoms with Gasteiger partial charge in [0.2, 0.25) is 29.5 Å². The number of nitrogens with one attached hydrogen (secondary N) is 6. The average molecular weight is 886 g/mol. The standard InChI is InChI=1S/C41H71N15O7/c1-3-24(2)33(56-36(59)29(15-7-9-19-43)52-34(57)27(44)13-6-8-18-42)38(61)53-30(16-10-20-49-40(45)46)35(58)55-32(22-25-23-51-28-14-5-4-12-26(25)28)37(60)54-31(39(62)63)17-11-21-50-41(47)48/h4-5,12,14,23-24,27,29-33,51H,3,6-11,13,15-22,42-44H2,1-2H3,(H,52,57)(H,53,61)(H,54,60)(H,55,58)(H,56,59)(H,62,63)(H4,45,46,49)(H4,47,48,50)/t24-,27-,29-,30-,31-,32-,33-/m0/s1. The van der Waals surface area contributed by atoms with Gasteiger partial charge in [-0.1, -0.05) is 44.9 Å². The van der Waals surface area contributed by atoms with Crippen LogP contribution in [0.4, 0.5) is 0 Å². The molecule has 22 nitrogen and oxygen atoms in total. The van der Waals surface area contributed by atoms with Crippen molar-refractivity contribution in [2.75, 3.05) is 26.2 Å². The lowest BCUT2D eigenvalue weighted by molar-refractivity contribution is -0.142. The van der Waals surface area contributed by atoms with Crippen LogP contribution in [0.25, 0.3) is 10.9 Å². The van der Waals surface area contributed by atoms with E-state index in [1.165, 1.54) is 0 Å². The molecule has 7 atom stereocenters. The summed E-state index contributed by atoms with van der Waals surface area (Å²) in [7, 11) is 0. The van der Waals surface area contributed by atoms with Crippen LogP contribution in [0.3, 0.4) is 0 Å². The number of aromatic amines is 1. The van der Waals surface area contributed by atoms with Gasteiger partial charge in [0, 0.05) is 36.6 Å². The molecule has 2 rings (SSSR count). The Hall–Kier alpha value is -6.00. The first-order valence-electron chi connectivity index (χ1n) is 21.6. The minimum absolute atomic E-state index is 0.000686. The number of carboxylic acids is 1. The van der Waals surface area contributed by atoms with Gasteiger partial charge in [-0.3, -0.25) is 34.0 Å². The van der Waals surface area contributed by atoms with E-state index in [4.69, 9.17) is 40.1 Å². The molecular weight excluding hydrogens is 815 g/mol. The highest BCUT2D eigenvalue weighted by atomic mass is 16.4. The summed E-state index contributed by atoms with van der Waals surface area (Å²) in [5.41, 5.74) is 40.7. The minimum Gasteiger partial charge on any atom is -0.480 e. The van der Waals surface area contributed by atoms with E-state index < -0.39 is 77.7 Å². The number of aliphatic carboxylic acids is 1. The molecule has 0 spiro atoms. The van der Waals surface area contributed by atoms with Crippen LogP contribution in [-0.2, 0) is 35.2 Å². The number of hydrogen-bond acceptors (Lipinski definition) is 11. The quantitative estimate of drug-likeness (QED) is 0.0220. The van der Waals surface area contributed by atoms with Gasteiger partial charge in [0.15, 0.2) is 11.9 Å². The number of nitrogens with zero attached hydrogens (tertiary/aromatic N) is 2. The molecule has 0 aliphatic heterocycles. The predicted octanol–water partition coefficient (Wildman–Crippen LogP) is -2.04. The number of para-hydroxylation sites is 1. The second-order valence-electron chi connectivity index (χ2n) is 15.6. The normalized spacial score (nSPS) is 14.4. The molecule has 63 heavy (non-hydrogen) atoms. The molecule has 0 bridgehead atoms. The van der Waals surface area contributed by atoms with Crippen molar-refractivity contribution in [2.45, 2.75) is 127 Å². The molecule has 352 valence electrons. The summed E-state index contributed by atoms with van der Waals surface area (Å²) in [6, 6.07) is 0.302. The molecule has 21 N–H and O–H groups in total. The van der Waals surface area contributed by atoms with Crippen LogP contribution < -0.4 is 66.7 Å². The zero-order valence-electron chi connectivity index (χ0n) is 36.6. The molecule has 0 fully saturated rings. The molecule has 0 radical (unpaired) electrons. The molecule has 0 aliphatic rings. The lowest BCUT2D eigenvalue weighted by Gasteiger charge is -2.29. The zero-order valence-corrected chi connectivity index (χ0v) is 36.6. The van der Waals surface area contributed by atoms with E-state index in [9.17, 15) is 33.9 Å². The molecule has 1 aromatic heterocycles. The highest BCUT2D eigenvalue weighted by Gasteiger charge is 2.34. The molecule has 0 saturated heterocycles. The fraction of sp³-hybridized carbons (Fsp3) is 0.610. The second kappa shape index (κ2) is 28.6. The SMILES string of the molecule is CC[C@H](C)[C@H](NC(=O)[C@H](CCCCN)NC(=O)[C@@H](N)CCCCN)C(=O)N[C@@H](CCCN=C(N)N)C(=O)N[C@@H](Cc1c[nH]c2ccccc12)C(=O)N[C@@H](CCCN=C(N)N)C(=O)O. The van der Waals surface area contributed by atoms with Gasteiger partial charge in [0.1, 0.15) is 30.2 Å². The molecule has 0 aliphatic carbocycles. The number of carbonyl (C=O) groups excluding carboxylic acids is 5. The number of rotatable bonds is 31. The monoisotopic (exact) mass is 886 g/mol. The highest BCUT2D eigenvalue weighted by molar-refractivity contribution is 5.97. The molecule has 0 saturated carbocycles. The summed E-state index contributed by atoms with van der Waals surface area (Å²) in [6.07, 6.45) is 5.52. The number of hydrogen-bond donors (Lipinski definition) is 14. The third-order valence-electron chi connectivity index (χ3n) is 10.5. The number of nitrogens with two attached hydrogens (primary N) is 7. The number of aliphatic imine (C=N–C) groups is 2. The highest BCUT2D eigenvalue weighted by Crippen LogP contribution is 2.20. The first-order valence-corrected chi connectivity index (χ1v) is 21.6. The Bertz CT molecular complexity index is 1830. The smallest absolute Gasteiger partial charge is 0.326 e. The van der Waals surface area contributed by atoms with Crippen molar-refractivity contribution < 1.29 is 33.9 Å². The summed E-state index contributed by atoms with van der Waals surface area (Å²) in [5.74, 6) is -5.48. The van der Waals surface area contributed by atoms with Gasteiger partial charge < -0.3 is 76.8 Å². The van der Waals surface area contributed by atoms with E-state index >= 15 is 0 Å². The van der Waals surface area contributed by atoms with Crippen LogP contribution in [0.15, 0.2) is 40.4 Å². The molecule has 1 aromatic carbocycles. The Labute approximate surface area is 368 Å². The summed E-state index contributed by atoms with van der Waals surface area (Å²) >= 11 is 0. The number of carbonyl (C=O) groups is 6. The van der Waals surface area contributed by atoms with Crippen molar-refractivity contribution >= 4 is 58.3 Å². The topological polar surface area (TPSA) is 405 Å². The lowest BCUT2D eigenvalue weighted by atomic mass is 9.96. The maximum atomic E-state index is 14.3. The number of carboxylic acid groups (broad SMARTS) is 1. The first-order chi connectivity index (χ1) is 30.0. The molecule has 5 amide bonds. The Kier molecular flexibility index (Phi) is 24.1. The third kappa shape index (κ3) is 19.3. The van der Waals surface area contributed by atoms with Gasteiger partial charge in [-0.25, -0.2) is 4.79 Å². The minimum atomic E-state index is -1.35. The van der Waals surface area contributed by atoms with Gasteiger partial charge in [-0.2, -0.15) is 0 Å². The summed E-state index contributed by atoms with van der Waals surface area (Å²) in [4.78, 5) is 92.7. The van der Waals surface area contributed by atoms with Crippen LogP contribution in [0.2, 0.25) is 0 Å². The maximum absolute atomic E-state index is 14.3. The van der Waals surface area contributed by atoms with Gasteiger partial charge in [-0.05, 0) is 88.4 Å². The zero-order chi connectivity index (χ0) is 46.9. The number of fused-ring (bicyclic) bond motifs is 1. The Morgan fingerprint density at radius 3 is 1.71 bits per heavy atom. The van der Waals surface area contributed by atoms with Crippen molar-refractivity contribution in [3.05, 3.63) is 36.0 Å². The molecule has 22 heteroatoms. The fourth-order valence-electron chi connectivity index (χ4n) is 6.70. The van der Waals surface area contributed by atoms with Crippen LogP contribution >= 0.6 is 0 Å². The molecular formula is C41H71N15O7. The number of amides is 5. The molecule has 2 aromatic rings. The summed E-state index contributed by atoms with van der Waals surface area (Å²) < 4.78 is 0. The van der Waals surface area contributed by atoms with Crippen LogP contribution in [0.5, 0.6) is 0 Å². The van der Waals surface area contributed by atoms with Crippen molar-refractivity contribution in [1.29, 1.82) is 0 Å². The van der Waals surface area contributed by atoms with E-state index in [-0.39, 0.29) is 63.5 Å². The van der Waals surface area contributed by atoms with Crippen molar-refractivity contribution in [3.8, 4) is 0 Å². The van der Waals surface area contributed by atoms with Crippen LogP contribution in [0, 0.1) is 5.92 Å². The first kappa shape index (κ1) is 53.1. The van der Waals surface area contributed by atoms with Crippen molar-refractivity contribution in [3.63, 3.8) is 0 Å². The molecule has 1 heterocycles. The Balaban J connectivity index is 2.45. The van der Waals surface area contributed by atoms with Gasteiger partial charge in [0.05, 0.1) is 6.04 Å². The summed E-state index contributed by atoms with van der Waals surface area (Å²) in [6.45, 7) is 4.64. The van der Waals surface area contributed by atoms with E-state index in [2.05, 4.69) is 41.6 Å². The predicted molar refractivity (Wildman–Crippen MR) is 242 cm³/mol. The summed E-state index contributed by atoms with van der Waals surface area (Å²) in [5, 5.41) is 24.3. The lowest BCUT2D eigenvalue weighted by Crippen LogP contribution is -2.60. The third-order valence-corrected chi connectivity index (χ3v) is 10.5. The largest absolute Gasteiger partial charge is 0.480 e. The number of aromatic nitrogens is 1. The number of H-pyrrole nitrogens is 1. The van der Waals surface area contributed by atoms with E-state index in [0.717, 1.165) is 10.9 Å². The number of benzene rings is 1. The van der Waals surface area contributed by atoms with Gasteiger partial charge >= 0.3 is 5.97 Å². The number of unbranched alkanes of at least 4 members (excludes halogenated alkanes) is 2. The molecule has 0 unspecified atom stereocenters. The maximum Gasteiger partial charge on any atom is 0.326 e. The van der Waals surface area contributed by atoms with Crippen molar-refractivity contribution in [1.82, 2.24) is 31.6 Å². The second-order valence-corrected chi connectivity index (χ2v) is 15.6. The van der Waals surface area contributed by atoms with E-state index in [0.29, 0.717) is 57.2 Å². The Morgan fingerprint density at radius 1 is 0.651 bits per heavy atom. The van der Waals surface area contributed by atoms with E-state index in [1.54, 1.807) is 13.1 Å². The van der Waals surface area contributed by atoms with Crippen molar-refractivity contribution in [2.24, 2.45) is 56.0 Å². The fourth-order valence-corrected chi connectivity index (χ4v) is 6.70. The van der Waals surface area contributed by atoms with Crippen LogP contribution in [-0.4, -0.2) is 120 Å². The van der Waals surface area contributed by atoms with E-state index in [1.807, 2.05) is 31.2 Å². The Morgan fingerprint density at radius 2 is 1.14 bits per heavy atom. The van der Waals surface area contributed by atoms with Gasteiger partial charge in [-0.15, -0.1) is 0 Å². The van der Waals surface area contributed by atoms with Crippen LogP contribution in [0.1, 0.15) is 90.0 Å².